The lowest BCUT2D eigenvalue weighted by molar-refractivity contribution is 0.0563. The Labute approximate surface area is 121 Å². The Balaban J connectivity index is 2.18. The molecule has 0 aliphatic rings. The van der Waals surface area contributed by atoms with E-state index in [1.807, 2.05) is 6.92 Å². The predicted molar refractivity (Wildman–Crippen MR) is 75.6 cm³/mol. The zero-order chi connectivity index (χ0) is 15.2. The van der Waals surface area contributed by atoms with Crippen LogP contribution >= 0.6 is 0 Å². The van der Waals surface area contributed by atoms with Crippen LogP contribution in [0.3, 0.4) is 0 Å². The van der Waals surface area contributed by atoms with E-state index in [1.165, 1.54) is 17.7 Å². The van der Waals surface area contributed by atoms with Crippen LogP contribution in [0, 0.1) is 0 Å². The summed E-state index contributed by atoms with van der Waals surface area (Å²) >= 11 is 0. The van der Waals surface area contributed by atoms with Crippen molar-refractivity contribution in [3.8, 4) is 5.75 Å². The molecule has 2 heterocycles. The summed E-state index contributed by atoms with van der Waals surface area (Å²) < 4.78 is 16.8. The molecule has 0 amide bonds. The lowest BCUT2D eigenvalue weighted by atomic mass is 10.4. The van der Waals surface area contributed by atoms with Crippen LogP contribution in [0.4, 0.5) is 0 Å². The second kappa shape index (κ2) is 6.78. The molecule has 0 bridgehead atoms. The Morgan fingerprint density at radius 1 is 1.33 bits per heavy atom. The van der Waals surface area contributed by atoms with E-state index in [9.17, 15) is 9.59 Å². The first-order valence-corrected chi connectivity index (χ1v) is 6.65. The molecular weight excluding hydrogens is 274 g/mol. The molecule has 0 radical (unpaired) electrons. The van der Waals surface area contributed by atoms with Crippen molar-refractivity contribution in [2.75, 3.05) is 13.7 Å². The molecule has 6 nitrogen and oxygen atoms in total. The van der Waals surface area contributed by atoms with Crippen molar-refractivity contribution in [2.24, 2.45) is 0 Å². The summed E-state index contributed by atoms with van der Waals surface area (Å²) in [5.41, 5.74) is -0.234. The van der Waals surface area contributed by atoms with Gasteiger partial charge in [-0.1, -0.05) is 6.92 Å². The number of nitrogens with zero attached hydrogens (tertiary/aromatic N) is 1. The van der Waals surface area contributed by atoms with E-state index in [0.717, 1.165) is 6.42 Å². The molecule has 21 heavy (non-hydrogen) atoms. The zero-order valence-electron chi connectivity index (χ0n) is 12.0. The number of furan rings is 1. The van der Waals surface area contributed by atoms with E-state index in [-0.39, 0.29) is 17.9 Å². The van der Waals surface area contributed by atoms with E-state index in [1.54, 1.807) is 24.4 Å². The number of pyridine rings is 1. The normalized spacial score (nSPS) is 10.4. The van der Waals surface area contributed by atoms with Gasteiger partial charge in [-0.3, -0.25) is 4.79 Å². The average molecular weight is 291 g/mol. The largest absolute Gasteiger partial charge is 0.488 e. The highest BCUT2D eigenvalue weighted by Gasteiger charge is 2.12. The predicted octanol–water partition coefficient (Wildman–Crippen LogP) is 2.06. The van der Waals surface area contributed by atoms with Gasteiger partial charge in [-0.2, -0.15) is 0 Å². The summed E-state index contributed by atoms with van der Waals surface area (Å²) in [5, 5.41) is 0. The second-order valence-electron chi connectivity index (χ2n) is 4.41. The molecule has 0 saturated carbocycles. The number of hydrogen-bond donors (Lipinski definition) is 0. The van der Waals surface area contributed by atoms with E-state index in [2.05, 4.69) is 4.74 Å². The summed E-state index contributed by atoms with van der Waals surface area (Å²) in [5.74, 6) is 0.358. The molecule has 6 heteroatoms. The fourth-order valence-corrected chi connectivity index (χ4v) is 1.80. The Morgan fingerprint density at radius 3 is 2.86 bits per heavy atom. The highest BCUT2D eigenvalue weighted by atomic mass is 16.5. The van der Waals surface area contributed by atoms with Crippen LogP contribution in [0.1, 0.15) is 29.7 Å². The van der Waals surface area contributed by atoms with Gasteiger partial charge in [-0.25, -0.2) is 4.79 Å². The smallest absolute Gasteiger partial charge is 0.373 e. The minimum atomic E-state index is -0.548. The third kappa shape index (κ3) is 3.53. The Bertz CT molecular complexity index is 671. The first-order chi connectivity index (χ1) is 10.2. The number of carbonyl (C=O) groups is 1. The maximum Gasteiger partial charge on any atom is 0.373 e. The molecule has 0 N–H and O–H groups in total. The molecule has 0 aliphatic heterocycles. The van der Waals surface area contributed by atoms with Gasteiger partial charge in [0.05, 0.1) is 20.3 Å². The van der Waals surface area contributed by atoms with Crippen molar-refractivity contribution in [3.05, 3.63) is 52.3 Å². The molecule has 0 unspecified atom stereocenters. The van der Waals surface area contributed by atoms with Crippen LogP contribution in [0.25, 0.3) is 0 Å². The molecular formula is C15H17NO5. The van der Waals surface area contributed by atoms with Gasteiger partial charge in [0.15, 0.2) is 5.75 Å². The van der Waals surface area contributed by atoms with Crippen LogP contribution in [0.2, 0.25) is 0 Å². The highest BCUT2D eigenvalue weighted by Crippen LogP contribution is 2.11. The van der Waals surface area contributed by atoms with Crippen LogP contribution in [-0.4, -0.2) is 24.3 Å². The molecule has 0 saturated heterocycles. The third-order valence-electron chi connectivity index (χ3n) is 2.82. The monoisotopic (exact) mass is 291 g/mol. The quantitative estimate of drug-likeness (QED) is 0.762. The maximum absolute atomic E-state index is 12.2. The topological polar surface area (TPSA) is 70.7 Å². The number of ether oxygens (including phenoxy) is 2. The lowest BCUT2D eigenvalue weighted by Gasteiger charge is -2.07. The molecule has 0 spiro atoms. The molecule has 112 valence electrons. The molecule has 2 aromatic heterocycles. The SMILES string of the molecule is CCCOc1cccn(Cc2ccc(C(=O)OC)o2)c1=O. The summed E-state index contributed by atoms with van der Waals surface area (Å²) in [6.45, 7) is 2.68. The minimum Gasteiger partial charge on any atom is -0.488 e. The van der Waals surface area contributed by atoms with Crippen LogP contribution in [0.15, 0.2) is 39.7 Å². The Morgan fingerprint density at radius 2 is 2.14 bits per heavy atom. The van der Waals surface area contributed by atoms with Gasteiger partial charge in [-0.15, -0.1) is 0 Å². The zero-order valence-corrected chi connectivity index (χ0v) is 12.0. The van der Waals surface area contributed by atoms with Gasteiger partial charge in [0.1, 0.15) is 5.76 Å². The summed E-state index contributed by atoms with van der Waals surface area (Å²) in [7, 11) is 1.28. The van der Waals surface area contributed by atoms with Crippen molar-refractivity contribution in [1.29, 1.82) is 0 Å². The number of hydrogen-bond acceptors (Lipinski definition) is 5. The molecule has 2 aromatic rings. The van der Waals surface area contributed by atoms with Crippen LogP contribution < -0.4 is 10.3 Å². The Kier molecular flexibility index (Phi) is 4.81. The third-order valence-corrected chi connectivity index (χ3v) is 2.82. The standard InChI is InChI=1S/C15H17NO5/c1-3-9-20-12-5-4-8-16(14(12)17)10-11-6-7-13(21-11)15(18)19-2/h4-8H,3,9-10H2,1-2H3. The van der Waals surface area contributed by atoms with Crippen molar-refractivity contribution in [3.63, 3.8) is 0 Å². The summed E-state index contributed by atoms with van der Waals surface area (Å²) in [6, 6.07) is 6.52. The van der Waals surface area contributed by atoms with Gasteiger partial charge in [0.2, 0.25) is 5.76 Å². The van der Waals surface area contributed by atoms with E-state index >= 15 is 0 Å². The molecule has 0 aliphatic carbocycles. The van der Waals surface area contributed by atoms with Crippen LogP contribution in [0.5, 0.6) is 5.75 Å². The van der Waals surface area contributed by atoms with Gasteiger partial charge >= 0.3 is 5.97 Å². The molecule has 0 atom stereocenters. The summed E-state index contributed by atoms with van der Waals surface area (Å²) in [4.78, 5) is 23.5. The number of rotatable bonds is 6. The van der Waals surface area contributed by atoms with Crippen LogP contribution in [-0.2, 0) is 11.3 Å². The van der Waals surface area contributed by atoms with Gasteiger partial charge in [0, 0.05) is 6.20 Å². The van der Waals surface area contributed by atoms with Gasteiger partial charge in [0.25, 0.3) is 5.56 Å². The molecule has 2 rings (SSSR count). The van der Waals surface area contributed by atoms with Crippen molar-refractivity contribution in [1.82, 2.24) is 4.57 Å². The lowest BCUT2D eigenvalue weighted by Crippen LogP contribution is -2.21. The van der Waals surface area contributed by atoms with Gasteiger partial charge < -0.3 is 18.5 Å². The number of aromatic nitrogens is 1. The maximum atomic E-state index is 12.2. The van der Waals surface area contributed by atoms with Gasteiger partial charge in [-0.05, 0) is 30.7 Å². The molecule has 0 aromatic carbocycles. The van der Waals surface area contributed by atoms with Crippen molar-refractivity contribution in [2.45, 2.75) is 19.9 Å². The number of esters is 1. The number of carbonyl (C=O) groups excluding carboxylic acids is 1. The molecule has 0 fully saturated rings. The average Bonchev–Trinajstić information content (AvgIpc) is 2.96. The summed E-state index contributed by atoms with van der Waals surface area (Å²) in [6.07, 6.45) is 2.47. The fourth-order valence-electron chi connectivity index (χ4n) is 1.80. The Hall–Kier alpha value is -2.50. The first-order valence-electron chi connectivity index (χ1n) is 6.65. The van der Waals surface area contributed by atoms with E-state index in [4.69, 9.17) is 9.15 Å². The van der Waals surface area contributed by atoms with E-state index < -0.39 is 5.97 Å². The minimum absolute atomic E-state index is 0.110. The highest BCUT2D eigenvalue weighted by molar-refractivity contribution is 5.86. The number of methoxy groups -OCH3 is 1. The van der Waals surface area contributed by atoms with Crippen molar-refractivity contribution < 1.29 is 18.7 Å². The van der Waals surface area contributed by atoms with E-state index in [0.29, 0.717) is 18.1 Å². The second-order valence-corrected chi connectivity index (χ2v) is 4.41. The fraction of sp³-hybridized carbons (Fsp3) is 0.333. The van der Waals surface area contributed by atoms with Crippen molar-refractivity contribution >= 4 is 5.97 Å². The first kappa shape index (κ1) is 14.9.